The molecule has 0 aliphatic carbocycles. The van der Waals surface area contributed by atoms with Gasteiger partial charge in [0, 0.05) is 45.3 Å². The number of aromatic nitrogens is 3. The summed E-state index contributed by atoms with van der Waals surface area (Å²) in [5.41, 5.74) is 0.979. The maximum atomic E-state index is 12.5. The molecule has 4 atom stereocenters. The second kappa shape index (κ2) is 8.79. The van der Waals surface area contributed by atoms with Crippen molar-refractivity contribution in [3.8, 4) is 0 Å². The van der Waals surface area contributed by atoms with Gasteiger partial charge in [-0.25, -0.2) is 0 Å². The number of carbonyl (C=O) groups excluding carboxylic acids is 2. The number of hydrogen-bond donors (Lipinski definition) is 2. The standard InChI is InChI=1S/C18H31N7O2/c1-13(26)19-5-6-20-18(27)17-12-24-7-4-14(17)8-16(24)11-25-10-15(21-22-25)9-23(2)3/h10,14,16-17H,4-9,11-12H2,1-3H3,(H,19,26)(H,20,27)/t14?,16-,17+/m1/s1. The monoisotopic (exact) mass is 377 g/mol. The summed E-state index contributed by atoms with van der Waals surface area (Å²) in [5.74, 6) is 0.511. The third-order valence-electron chi connectivity index (χ3n) is 5.48. The third kappa shape index (κ3) is 5.26. The van der Waals surface area contributed by atoms with Crippen molar-refractivity contribution in [3.05, 3.63) is 11.9 Å². The molecule has 3 aliphatic heterocycles. The highest BCUT2D eigenvalue weighted by Gasteiger charge is 2.43. The molecule has 2 N–H and O–H groups in total. The van der Waals surface area contributed by atoms with Crippen LogP contribution in [-0.4, -0.2) is 82.9 Å². The number of piperidine rings is 3. The highest BCUT2D eigenvalue weighted by Crippen LogP contribution is 2.36. The van der Waals surface area contributed by atoms with Gasteiger partial charge in [0.2, 0.25) is 11.8 Å². The van der Waals surface area contributed by atoms with Gasteiger partial charge in [-0.05, 0) is 39.4 Å². The van der Waals surface area contributed by atoms with E-state index in [1.165, 1.54) is 6.92 Å². The Labute approximate surface area is 160 Å². The number of hydrogen-bond acceptors (Lipinski definition) is 6. The Balaban J connectivity index is 1.49. The van der Waals surface area contributed by atoms with E-state index in [0.717, 1.165) is 44.7 Å². The summed E-state index contributed by atoms with van der Waals surface area (Å²) >= 11 is 0. The molecular formula is C18H31N7O2. The van der Waals surface area contributed by atoms with E-state index in [9.17, 15) is 9.59 Å². The van der Waals surface area contributed by atoms with Crippen LogP contribution < -0.4 is 10.6 Å². The molecule has 3 fully saturated rings. The zero-order valence-corrected chi connectivity index (χ0v) is 16.5. The van der Waals surface area contributed by atoms with Gasteiger partial charge in [0.15, 0.2) is 0 Å². The molecule has 0 saturated carbocycles. The summed E-state index contributed by atoms with van der Waals surface area (Å²) in [6, 6.07) is 0.418. The van der Waals surface area contributed by atoms with Crippen LogP contribution in [0.4, 0.5) is 0 Å². The number of amides is 2. The van der Waals surface area contributed by atoms with Crippen molar-refractivity contribution in [2.45, 2.75) is 38.9 Å². The molecule has 9 nitrogen and oxygen atoms in total. The Morgan fingerprint density at radius 3 is 2.74 bits per heavy atom. The van der Waals surface area contributed by atoms with Crippen LogP contribution in [0.15, 0.2) is 6.20 Å². The molecule has 9 heteroatoms. The lowest BCUT2D eigenvalue weighted by molar-refractivity contribution is -0.133. The molecule has 2 bridgehead atoms. The van der Waals surface area contributed by atoms with E-state index in [0.29, 0.717) is 25.0 Å². The molecular weight excluding hydrogens is 346 g/mol. The van der Waals surface area contributed by atoms with Gasteiger partial charge in [0.25, 0.3) is 0 Å². The summed E-state index contributed by atoms with van der Waals surface area (Å²) < 4.78 is 1.94. The minimum Gasteiger partial charge on any atom is -0.355 e. The lowest BCUT2D eigenvalue weighted by Gasteiger charge is -2.49. The van der Waals surface area contributed by atoms with E-state index < -0.39 is 0 Å². The normalized spacial score (nSPS) is 27.0. The predicted octanol–water partition coefficient (Wildman–Crippen LogP) is -0.698. The van der Waals surface area contributed by atoms with Gasteiger partial charge < -0.3 is 15.5 Å². The van der Waals surface area contributed by atoms with Crippen LogP contribution in [0, 0.1) is 11.8 Å². The molecule has 1 aromatic heterocycles. The molecule has 1 aromatic rings. The minimum atomic E-state index is -0.0724. The van der Waals surface area contributed by atoms with E-state index in [1.807, 2.05) is 25.0 Å². The molecule has 27 heavy (non-hydrogen) atoms. The fraction of sp³-hybridized carbons (Fsp3) is 0.778. The topological polar surface area (TPSA) is 95.4 Å². The average molecular weight is 377 g/mol. The van der Waals surface area contributed by atoms with E-state index in [1.54, 1.807) is 0 Å². The van der Waals surface area contributed by atoms with Crippen molar-refractivity contribution >= 4 is 11.8 Å². The summed E-state index contributed by atoms with van der Waals surface area (Å²) in [7, 11) is 4.04. The molecule has 4 rings (SSSR count). The summed E-state index contributed by atoms with van der Waals surface area (Å²) in [5, 5.41) is 14.2. The fourth-order valence-electron chi connectivity index (χ4n) is 4.22. The lowest BCUT2D eigenvalue weighted by Crippen LogP contribution is -2.58. The maximum absolute atomic E-state index is 12.5. The van der Waals surface area contributed by atoms with E-state index in [-0.39, 0.29) is 17.7 Å². The van der Waals surface area contributed by atoms with Crippen molar-refractivity contribution in [1.82, 2.24) is 35.4 Å². The van der Waals surface area contributed by atoms with Crippen molar-refractivity contribution in [2.75, 3.05) is 40.3 Å². The van der Waals surface area contributed by atoms with E-state index in [4.69, 9.17) is 0 Å². The Morgan fingerprint density at radius 2 is 2.07 bits per heavy atom. The Kier molecular flexibility index (Phi) is 6.43. The van der Waals surface area contributed by atoms with Gasteiger partial charge in [0.1, 0.15) is 0 Å². The van der Waals surface area contributed by atoms with Crippen LogP contribution in [0.5, 0.6) is 0 Å². The maximum Gasteiger partial charge on any atom is 0.224 e. The van der Waals surface area contributed by atoms with Gasteiger partial charge in [-0.3, -0.25) is 19.2 Å². The Morgan fingerprint density at radius 1 is 1.30 bits per heavy atom. The van der Waals surface area contributed by atoms with Crippen LogP contribution >= 0.6 is 0 Å². The van der Waals surface area contributed by atoms with E-state index in [2.05, 4.69) is 30.7 Å². The van der Waals surface area contributed by atoms with Crippen molar-refractivity contribution in [2.24, 2.45) is 11.8 Å². The van der Waals surface area contributed by atoms with Crippen LogP contribution in [0.1, 0.15) is 25.5 Å². The Bertz CT molecular complexity index is 660. The molecule has 2 unspecified atom stereocenters. The first-order chi connectivity index (χ1) is 12.9. The smallest absolute Gasteiger partial charge is 0.224 e. The van der Waals surface area contributed by atoms with Crippen LogP contribution in [-0.2, 0) is 22.7 Å². The second-order valence-corrected chi connectivity index (χ2v) is 7.98. The highest BCUT2D eigenvalue weighted by atomic mass is 16.2. The fourth-order valence-corrected chi connectivity index (χ4v) is 4.22. The molecule has 150 valence electrons. The zero-order chi connectivity index (χ0) is 19.4. The van der Waals surface area contributed by atoms with Gasteiger partial charge >= 0.3 is 0 Å². The highest BCUT2D eigenvalue weighted by molar-refractivity contribution is 5.79. The average Bonchev–Trinajstić information content (AvgIpc) is 3.05. The van der Waals surface area contributed by atoms with Crippen LogP contribution in [0.3, 0.4) is 0 Å². The predicted molar refractivity (Wildman–Crippen MR) is 101 cm³/mol. The molecule has 0 aromatic carbocycles. The summed E-state index contributed by atoms with van der Waals surface area (Å²) in [6.07, 6.45) is 4.12. The summed E-state index contributed by atoms with van der Waals surface area (Å²) in [4.78, 5) is 27.9. The van der Waals surface area contributed by atoms with Crippen molar-refractivity contribution in [3.63, 3.8) is 0 Å². The lowest BCUT2D eigenvalue weighted by atomic mass is 9.75. The molecule has 0 radical (unpaired) electrons. The van der Waals surface area contributed by atoms with Crippen molar-refractivity contribution < 1.29 is 9.59 Å². The molecule has 3 aliphatic rings. The van der Waals surface area contributed by atoms with Gasteiger partial charge in [-0.1, -0.05) is 5.21 Å². The molecule has 3 saturated heterocycles. The number of fused-ring (bicyclic) bond motifs is 3. The number of nitrogens with zero attached hydrogens (tertiary/aromatic N) is 5. The quantitative estimate of drug-likeness (QED) is 0.582. The van der Waals surface area contributed by atoms with Gasteiger partial charge in [-0.15, -0.1) is 5.10 Å². The van der Waals surface area contributed by atoms with Gasteiger partial charge in [0.05, 0.1) is 18.2 Å². The van der Waals surface area contributed by atoms with Gasteiger partial charge in [-0.2, -0.15) is 0 Å². The molecule has 0 spiro atoms. The number of rotatable bonds is 8. The zero-order valence-electron chi connectivity index (χ0n) is 16.5. The first kappa shape index (κ1) is 19.8. The number of carbonyl (C=O) groups is 2. The molecule has 2 amide bonds. The minimum absolute atomic E-state index is 0.0485. The van der Waals surface area contributed by atoms with E-state index >= 15 is 0 Å². The molecule has 4 heterocycles. The first-order valence-corrected chi connectivity index (χ1v) is 9.72. The SMILES string of the molecule is CC(=O)NCCNC(=O)[C@H]1CN2CCC1C[C@@H]2Cn1cc(CN(C)C)nn1. The second-order valence-electron chi connectivity index (χ2n) is 7.98. The third-order valence-corrected chi connectivity index (χ3v) is 5.48. The van der Waals surface area contributed by atoms with Crippen LogP contribution in [0.2, 0.25) is 0 Å². The van der Waals surface area contributed by atoms with Crippen LogP contribution in [0.25, 0.3) is 0 Å². The first-order valence-electron chi connectivity index (χ1n) is 9.72. The number of nitrogens with one attached hydrogen (secondary N) is 2. The van der Waals surface area contributed by atoms with Crippen molar-refractivity contribution in [1.29, 1.82) is 0 Å². The largest absolute Gasteiger partial charge is 0.355 e. The summed E-state index contributed by atoms with van der Waals surface area (Å²) in [6.45, 7) is 5.91. The Hall–Kier alpha value is -2.00.